The quantitative estimate of drug-likeness (QED) is 0.555. The van der Waals surface area contributed by atoms with Crippen LogP contribution in [-0.4, -0.2) is 48.7 Å². The zero-order valence-corrected chi connectivity index (χ0v) is 12.2. The number of hydrogen-bond acceptors (Lipinski definition) is 3. The van der Waals surface area contributed by atoms with E-state index in [0.717, 1.165) is 13.0 Å². The molecule has 0 radical (unpaired) electrons. The molecule has 0 saturated heterocycles. The van der Waals surface area contributed by atoms with Crippen molar-refractivity contribution in [3.05, 3.63) is 0 Å². The van der Waals surface area contributed by atoms with Crippen LogP contribution in [-0.2, 0) is 4.79 Å². The van der Waals surface area contributed by atoms with Crippen LogP contribution in [0.15, 0.2) is 0 Å². The van der Waals surface area contributed by atoms with Crippen molar-refractivity contribution < 1.29 is 9.90 Å². The Balaban J connectivity index is 4.02. The Morgan fingerprint density at radius 2 is 1.78 bits per heavy atom. The summed E-state index contributed by atoms with van der Waals surface area (Å²) in [7, 11) is 1.80. The lowest BCUT2D eigenvalue weighted by Gasteiger charge is -2.25. The zero-order chi connectivity index (χ0) is 13.8. The Morgan fingerprint density at radius 1 is 1.17 bits per heavy atom. The first-order valence-corrected chi connectivity index (χ1v) is 7.24. The van der Waals surface area contributed by atoms with Gasteiger partial charge in [0.25, 0.3) is 0 Å². The van der Waals surface area contributed by atoms with E-state index in [4.69, 9.17) is 5.11 Å². The highest BCUT2D eigenvalue weighted by Gasteiger charge is 2.17. The van der Waals surface area contributed by atoms with Crippen LogP contribution in [0.3, 0.4) is 0 Å². The lowest BCUT2D eigenvalue weighted by Crippen LogP contribution is -2.44. The monoisotopic (exact) mass is 258 g/mol. The molecular weight excluding hydrogens is 228 g/mol. The van der Waals surface area contributed by atoms with Crippen molar-refractivity contribution in [3.63, 3.8) is 0 Å². The number of hydrogen-bond donors (Lipinski definition) is 2. The van der Waals surface area contributed by atoms with Gasteiger partial charge in [0.15, 0.2) is 0 Å². The largest absolute Gasteiger partial charge is 0.396 e. The van der Waals surface area contributed by atoms with Gasteiger partial charge in [0.1, 0.15) is 0 Å². The first-order chi connectivity index (χ1) is 8.67. The molecule has 0 aliphatic carbocycles. The Bertz CT molecular complexity index is 210. The van der Waals surface area contributed by atoms with Crippen LogP contribution in [0.1, 0.15) is 52.4 Å². The maximum atomic E-state index is 12.1. The summed E-state index contributed by atoms with van der Waals surface area (Å²) in [5.74, 6) is 0.140. The molecule has 0 aromatic rings. The molecule has 4 nitrogen and oxygen atoms in total. The third-order valence-corrected chi connectivity index (χ3v) is 3.23. The number of amides is 1. The van der Waals surface area contributed by atoms with Crippen LogP contribution in [0.4, 0.5) is 0 Å². The first-order valence-electron chi connectivity index (χ1n) is 7.24. The van der Waals surface area contributed by atoms with Gasteiger partial charge in [-0.25, -0.2) is 0 Å². The van der Waals surface area contributed by atoms with Gasteiger partial charge in [-0.2, -0.15) is 0 Å². The second-order valence-electron chi connectivity index (χ2n) is 4.83. The number of unbranched alkanes of at least 4 members (excludes halogenated alkanes) is 4. The standard InChI is InChI=1S/C14H30N2O2/c1-4-5-6-7-8-10-16(11-9-12-17)14(18)13(2)15-3/h13,15,17H,4-12H2,1-3H3. The highest BCUT2D eigenvalue weighted by molar-refractivity contribution is 5.81. The van der Waals surface area contributed by atoms with E-state index in [1.807, 2.05) is 11.8 Å². The van der Waals surface area contributed by atoms with E-state index in [-0.39, 0.29) is 18.6 Å². The molecular formula is C14H30N2O2. The molecule has 0 aromatic heterocycles. The van der Waals surface area contributed by atoms with Crippen molar-refractivity contribution in [3.8, 4) is 0 Å². The molecule has 0 saturated carbocycles. The fourth-order valence-electron chi connectivity index (χ4n) is 1.90. The van der Waals surface area contributed by atoms with E-state index in [9.17, 15) is 4.79 Å². The van der Waals surface area contributed by atoms with Gasteiger partial charge in [-0.3, -0.25) is 4.79 Å². The minimum absolute atomic E-state index is 0.140. The molecule has 0 bridgehead atoms. The summed E-state index contributed by atoms with van der Waals surface area (Å²) in [6.07, 6.45) is 6.68. The van der Waals surface area contributed by atoms with Crippen molar-refractivity contribution in [1.29, 1.82) is 0 Å². The topological polar surface area (TPSA) is 52.6 Å². The SMILES string of the molecule is CCCCCCCN(CCCO)C(=O)C(C)NC. The highest BCUT2D eigenvalue weighted by atomic mass is 16.3. The van der Waals surface area contributed by atoms with E-state index >= 15 is 0 Å². The zero-order valence-electron chi connectivity index (χ0n) is 12.2. The smallest absolute Gasteiger partial charge is 0.239 e. The molecule has 18 heavy (non-hydrogen) atoms. The minimum atomic E-state index is -0.140. The molecule has 4 heteroatoms. The Labute approximate surface area is 112 Å². The number of carbonyl (C=O) groups is 1. The van der Waals surface area contributed by atoms with E-state index in [0.29, 0.717) is 13.0 Å². The van der Waals surface area contributed by atoms with Crippen LogP contribution in [0.5, 0.6) is 0 Å². The molecule has 0 aliphatic rings. The third-order valence-electron chi connectivity index (χ3n) is 3.23. The second-order valence-corrected chi connectivity index (χ2v) is 4.83. The number of likely N-dealkylation sites (N-methyl/N-ethyl adjacent to an activating group) is 1. The van der Waals surface area contributed by atoms with Gasteiger partial charge >= 0.3 is 0 Å². The van der Waals surface area contributed by atoms with Gasteiger partial charge in [-0.05, 0) is 26.8 Å². The normalized spacial score (nSPS) is 12.4. The second kappa shape index (κ2) is 11.5. The summed E-state index contributed by atoms with van der Waals surface area (Å²) in [4.78, 5) is 14.0. The van der Waals surface area contributed by atoms with Crippen LogP contribution >= 0.6 is 0 Å². The lowest BCUT2D eigenvalue weighted by atomic mass is 10.1. The molecule has 0 spiro atoms. The van der Waals surface area contributed by atoms with E-state index in [2.05, 4.69) is 12.2 Å². The van der Waals surface area contributed by atoms with Crippen molar-refractivity contribution in [2.24, 2.45) is 0 Å². The fraction of sp³-hybridized carbons (Fsp3) is 0.929. The molecule has 1 amide bonds. The summed E-state index contributed by atoms with van der Waals surface area (Å²) in [5.41, 5.74) is 0. The summed E-state index contributed by atoms with van der Waals surface area (Å²) in [6.45, 7) is 5.70. The summed E-state index contributed by atoms with van der Waals surface area (Å²) in [6, 6.07) is -0.140. The Morgan fingerprint density at radius 3 is 2.33 bits per heavy atom. The Hall–Kier alpha value is -0.610. The number of carbonyl (C=O) groups excluding carboxylic acids is 1. The van der Waals surface area contributed by atoms with Gasteiger partial charge < -0.3 is 15.3 Å². The number of nitrogens with zero attached hydrogens (tertiary/aromatic N) is 1. The number of aliphatic hydroxyl groups is 1. The lowest BCUT2D eigenvalue weighted by molar-refractivity contribution is -0.133. The predicted molar refractivity (Wildman–Crippen MR) is 75.6 cm³/mol. The summed E-state index contributed by atoms with van der Waals surface area (Å²) in [5, 5.41) is 11.9. The van der Waals surface area contributed by atoms with Gasteiger partial charge in [0.05, 0.1) is 6.04 Å². The molecule has 0 rings (SSSR count). The van der Waals surface area contributed by atoms with Crippen LogP contribution < -0.4 is 5.32 Å². The van der Waals surface area contributed by atoms with Crippen molar-refractivity contribution in [2.45, 2.75) is 58.4 Å². The average Bonchev–Trinajstić information content (AvgIpc) is 2.40. The van der Waals surface area contributed by atoms with Gasteiger partial charge in [0.2, 0.25) is 5.91 Å². The molecule has 1 atom stereocenters. The number of aliphatic hydroxyl groups excluding tert-OH is 1. The van der Waals surface area contributed by atoms with E-state index in [1.165, 1.54) is 25.7 Å². The van der Waals surface area contributed by atoms with Gasteiger partial charge in [0, 0.05) is 19.7 Å². The highest BCUT2D eigenvalue weighted by Crippen LogP contribution is 2.05. The molecule has 0 fully saturated rings. The van der Waals surface area contributed by atoms with Gasteiger partial charge in [-0.1, -0.05) is 32.6 Å². The van der Waals surface area contributed by atoms with Crippen molar-refractivity contribution in [2.75, 3.05) is 26.7 Å². The minimum Gasteiger partial charge on any atom is -0.396 e. The molecule has 1 unspecified atom stereocenters. The van der Waals surface area contributed by atoms with Crippen molar-refractivity contribution >= 4 is 5.91 Å². The maximum Gasteiger partial charge on any atom is 0.239 e. The van der Waals surface area contributed by atoms with Gasteiger partial charge in [-0.15, -0.1) is 0 Å². The summed E-state index contributed by atoms with van der Waals surface area (Å²) < 4.78 is 0. The average molecular weight is 258 g/mol. The number of rotatable bonds is 11. The Kier molecular flexibility index (Phi) is 11.1. The molecule has 0 aromatic carbocycles. The van der Waals surface area contributed by atoms with Crippen LogP contribution in [0.25, 0.3) is 0 Å². The van der Waals surface area contributed by atoms with Crippen LogP contribution in [0, 0.1) is 0 Å². The summed E-state index contributed by atoms with van der Waals surface area (Å²) >= 11 is 0. The predicted octanol–water partition coefficient (Wildman–Crippen LogP) is 1.78. The van der Waals surface area contributed by atoms with Crippen molar-refractivity contribution in [1.82, 2.24) is 10.2 Å². The number of nitrogens with one attached hydrogen (secondary N) is 1. The first kappa shape index (κ1) is 17.4. The maximum absolute atomic E-state index is 12.1. The third kappa shape index (κ3) is 7.67. The molecule has 0 heterocycles. The van der Waals surface area contributed by atoms with E-state index in [1.54, 1.807) is 7.05 Å². The van der Waals surface area contributed by atoms with Crippen LogP contribution in [0.2, 0.25) is 0 Å². The molecule has 0 aliphatic heterocycles. The molecule has 2 N–H and O–H groups in total. The fourth-order valence-corrected chi connectivity index (χ4v) is 1.90. The van der Waals surface area contributed by atoms with E-state index < -0.39 is 0 Å². The molecule has 108 valence electrons.